The Balaban J connectivity index is 0.00000361. The van der Waals surface area contributed by atoms with Crippen LogP contribution in [0.2, 0.25) is 0 Å². The molecule has 0 aliphatic heterocycles. The van der Waals surface area contributed by atoms with Gasteiger partial charge in [0.2, 0.25) is 0 Å². The molecule has 0 aromatic heterocycles. The van der Waals surface area contributed by atoms with Gasteiger partial charge in [0, 0.05) is 36.4 Å². The average Bonchev–Trinajstić information content (AvgIpc) is 2.37. The van der Waals surface area contributed by atoms with Crippen LogP contribution in [-0.4, -0.2) is 36.0 Å². The third-order valence-corrected chi connectivity index (χ3v) is 2.91. The van der Waals surface area contributed by atoms with Crippen LogP contribution in [0, 0.1) is 0 Å². The monoisotopic (exact) mass is 299 g/mol. The molecular formula is C15H26ClN3O. The van der Waals surface area contributed by atoms with Crippen molar-refractivity contribution in [3.63, 3.8) is 0 Å². The minimum atomic E-state index is -0.279. The molecule has 0 spiro atoms. The summed E-state index contributed by atoms with van der Waals surface area (Å²) < 4.78 is 0. The minimum Gasteiger partial charge on any atom is -0.383 e. The number of nitrogens with zero attached hydrogens (tertiary/aromatic N) is 1. The van der Waals surface area contributed by atoms with Crippen LogP contribution in [0.3, 0.4) is 0 Å². The van der Waals surface area contributed by atoms with E-state index in [9.17, 15) is 4.79 Å². The van der Waals surface area contributed by atoms with Gasteiger partial charge < -0.3 is 16.0 Å². The first-order valence-electron chi connectivity index (χ1n) is 6.79. The zero-order valence-electron chi connectivity index (χ0n) is 12.8. The molecule has 4 nitrogen and oxygen atoms in total. The lowest BCUT2D eigenvalue weighted by Gasteiger charge is -2.21. The highest BCUT2D eigenvalue weighted by Gasteiger charge is 2.13. The summed E-state index contributed by atoms with van der Waals surface area (Å²) in [6, 6.07) is 7.57. The molecule has 0 aliphatic rings. The van der Waals surface area contributed by atoms with Gasteiger partial charge in [-0.05, 0) is 45.9 Å². The minimum absolute atomic E-state index is 0. The highest BCUT2D eigenvalue weighted by molar-refractivity contribution is 5.95. The second-order valence-electron chi connectivity index (χ2n) is 5.40. The molecule has 0 heterocycles. The average molecular weight is 300 g/mol. The third-order valence-electron chi connectivity index (χ3n) is 2.91. The van der Waals surface area contributed by atoms with Gasteiger partial charge in [0.15, 0.2) is 0 Å². The molecular weight excluding hydrogens is 274 g/mol. The van der Waals surface area contributed by atoms with E-state index in [1.807, 2.05) is 56.9 Å². The van der Waals surface area contributed by atoms with Gasteiger partial charge in [-0.25, -0.2) is 0 Å². The lowest BCUT2D eigenvalue weighted by Crippen LogP contribution is -2.39. The van der Waals surface area contributed by atoms with E-state index >= 15 is 0 Å². The summed E-state index contributed by atoms with van der Waals surface area (Å²) in [6.07, 6.45) is 0. The Morgan fingerprint density at radius 1 is 1.30 bits per heavy atom. The predicted octanol–water partition coefficient (Wildman–Crippen LogP) is 2.74. The van der Waals surface area contributed by atoms with Crippen molar-refractivity contribution in [2.45, 2.75) is 33.2 Å². The number of carbonyl (C=O) groups excluding carboxylic acids is 1. The van der Waals surface area contributed by atoms with Crippen LogP contribution < -0.4 is 11.1 Å². The third kappa shape index (κ3) is 5.80. The highest BCUT2D eigenvalue weighted by atomic mass is 35.5. The summed E-state index contributed by atoms with van der Waals surface area (Å²) in [5.74, 6) is 0.0701. The van der Waals surface area contributed by atoms with Gasteiger partial charge >= 0.3 is 0 Å². The standard InChI is InChI=1S/C15H25N3O.ClH/c1-5-18(6-2)14(19)12-8-7-9-13(10-12)17-11-15(3,4)16;/h7-10,17H,5-6,11,16H2,1-4H3;1H. The van der Waals surface area contributed by atoms with Gasteiger partial charge in [0.1, 0.15) is 0 Å². The summed E-state index contributed by atoms with van der Waals surface area (Å²) in [4.78, 5) is 14.0. The first-order valence-corrected chi connectivity index (χ1v) is 6.79. The van der Waals surface area contributed by atoms with Crippen molar-refractivity contribution in [1.29, 1.82) is 0 Å². The van der Waals surface area contributed by atoms with Crippen molar-refractivity contribution < 1.29 is 4.79 Å². The van der Waals surface area contributed by atoms with E-state index in [4.69, 9.17) is 5.73 Å². The van der Waals surface area contributed by atoms with Crippen LogP contribution in [-0.2, 0) is 0 Å². The maximum atomic E-state index is 12.2. The highest BCUT2D eigenvalue weighted by Crippen LogP contribution is 2.13. The van der Waals surface area contributed by atoms with Gasteiger partial charge in [0.25, 0.3) is 5.91 Å². The van der Waals surface area contributed by atoms with Gasteiger partial charge in [-0.1, -0.05) is 6.07 Å². The number of hydrogen-bond donors (Lipinski definition) is 2. The van der Waals surface area contributed by atoms with Crippen molar-refractivity contribution >= 4 is 24.0 Å². The molecule has 0 saturated carbocycles. The molecule has 114 valence electrons. The van der Waals surface area contributed by atoms with Crippen molar-refractivity contribution in [2.75, 3.05) is 25.0 Å². The fraction of sp³-hybridized carbons (Fsp3) is 0.533. The second kappa shape index (κ2) is 8.12. The molecule has 0 aliphatic carbocycles. The van der Waals surface area contributed by atoms with Gasteiger partial charge in [-0.3, -0.25) is 4.79 Å². The number of nitrogens with two attached hydrogens (primary N) is 1. The SMILES string of the molecule is CCN(CC)C(=O)c1cccc(NCC(C)(C)N)c1.Cl. The molecule has 3 N–H and O–H groups in total. The lowest BCUT2D eigenvalue weighted by atomic mass is 10.1. The normalized spacial score (nSPS) is 10.7. The molecule has 20 heavy (non-hydrogen) atoms. The smallest absolute Gasteiger partial charge is 0.253 e. The number of anilines is 1. The molecule has 0 unspecified atom stereocenters. The second-order valence-corrected chi connectivity index (χ2v) is 5.40. The van der Waals surface area contributed by atoms with Crippen molar-refractivity contribution in [2.24, 2.45) is 5.73 Å². The van der Waals surface area contributed by atoms with Gasteiger partial charge in [-0.2, -0.15) is 0 Å². The molecule has 1 aromatic carbocycles. The first-order chi connectivity index (χ1) is 8.87. The zero-order valence-corrected chi connectivity index (χ0v) is 13.6. The summed E-state index contributed by atoms with van der Waals surface area (Å²) in [7, 11) is 0. The summed E-state index contributed by atoms with van der Waals surface area (Å²) in [6.45, 7) is 10.0. The number of halogens is 1. The Morgan fingerprint density at radius 2 is 1.90 bits per heavy atom. The van der Waals surface area contributed by atoms with E-state index in [1.54, 1.807) is 0 Å². The number of hydrogen-bond acceptors (Lipinski definition) is 3. The summed E-state index contributed by atoms with van der Waals surface area (Å²) >= 11 is 0. The van der Waals surface area contributed by atoms with Crippen LogP contribution >= 0.6 is 12.4 Å². The van der Waals surface area contributed by atoms with Crippen molar-refractivity contribution in [3.8, 4) is 0 Å². The van der Waals surface area contributed by atoms with Crippen LogP contribution in [0.5, 0.6) is 0 Å². The van der Waals surface area contributed by atoms with Crippen LogP contribution in [0.25, 0.3) is 0 Å². The number of nitrogens with one attached hydrogen (secondary N) is 1. The zero-order chi connectivity index (χ0) is 14.5. The van der Waals surface area contributed by atoms with Crippen LogP contribution in [0.15, 0.2) is 24.3 Å². The molecule has 0 bridgehead atoms. The van der Waals surface area contributed by atoms with E-state index < -0.39 is 0 Å². The maximum absolute atomic E-state index is 12.2. The van der Waals surface area contributed by atoms with Gasteiger partial charge in [-0.15, -0.1) is 12.4 Å². The van der Waals surface area contributed by atoms with Crippen LogP contribution in [0.1, 0.15) is 38.1 Å². The molecule has 1 aromatic rings. The largest absolute Gasteiger partial charge is 0.383 e. The summed E-state index contributed by atoms with van der Waals surface area (Å²) in [5.41, 5.74) is 7.29. The molecule has 1 amide bonds. The van der Waals surface area contributed by atoms with E-state index in [0.29, 0.717) is 12.1 Å². The number of amides is 1. The molecule has 0 saturated heterocycles. The predicted molar refractivity (Wildman–Crippen MR) is 87.7 cm³/mol. The molecule has 1 rings (SSSR count). The summed E-state index contributed by atoms with van der Waals surface area (Å²) in [5, 5.41) is 3.26. The quantitative estimate of drug-likeness (QED) is 0.849. The number of rotatable bonds is 6. The number of benzene rings is 1. The Hall–Kier alpha value is -1.26. The maximum Gasteiger partial charge on any atom is 0.253 e. The van der Waals surface area contributed by atoms with E-state index in [0.717, 1.165) is 18.8 Å². The van der Waals surface area contributed by atoms with Gasteiger partial charge in [0.05, 0.1) is 0 Å². The van der Waals surface area contributed by atoms with Crippen molar-refractivity contribution in [3.05, 3.63) is 29.8 Å². The number of carbonyl (C=O) groups is 1. The topological polar surface area (TPSA) is 58.4 Å². The molecule has 0 radical (unpaired) electrons. The molecule has 0 atom stereocenters. The fourth-order valence-corrected chi connectivity index (χ4v) is 1.79. The van der Waals surface area contributed by atoms with Crippen LogP contribution in [0.4, 0.5) is 5.69 Å². The lowest BCUT2D eigenvalue weighted by molar-refractivity contribution is 0.0773. The Morgan fingerprint density at radius 3 is 2.40 bits per heavy atom. The Labute approximate surface area is 128 Å². The molecule has 5 heteroatoms. The Kier molecular flexibility index (Phi) is 7.61. The first kappa shape index (κ1) is 18.7. The Bertz CT molecular complexity index is 425. The molecule has 0 fully saturated rings. The van der Waals surface area contributed by atoms with E-state index in [-0.39, 0.29) is 23.9 Å². The van der Waals surface area contributed by atoms with E-state index in [2.05, 4.69) is 5.32 Å². The van der Waals surface area contributed by atoms with E-state index in [1.165, 1.54) is 0 Å². The van der Waals surface area contributed by atoms with Crippen molar-refractivity contribution in [1.82, 2.24) is 4.90 Å². The fourth-order valence-electron chi connectivity index (χ4n) is 1.79.